The van der Waals surface area contributed by atoms with E-state index in [-0.39, 0.29) is 17.7 Å². The van der Waals surface area contributed by atoms with Crippen LogP contribution >= 0.6 is 11.6 Å². The van der Waals surface area contributed by atoms with Crippen molar-refractivity contribution < 1.29 is 18.7 Å². The first kappa shape index (κ1) is 23.5. The van der Waals surface area contributed by atoms with Crippen LogP contribution in [0.15, 0.2) is 48.5 Å². The number of piperazine rings is 1. The van der Waals surface area contributed by atoms with Crippen molar-refractivity contribution in [1.82, 2.24) is 19.6 Å². The van der Waals surface area contributed by atoms with E-state index in [0.29, 0.717) is 42.5 Å². The minimum Gasteiger partial charge on any atom is -0.468 e. The zero-order chi connectivity index (χ0) is 24.5. The lowest BCUT2D eigenvalue weighted by atomic mass is 10.0. The van der Waals surface area contributed by atoms with Crippen molar-refractivity contribution >= 4 is 23.5 Å². The maximum absolute atomic E-state index is 13.5. The van der Waals surface area contributed by atoms with Crippen molar-refractivity contribution in [3.8, 4) is 5.69 Å². The number of fused-ring (bicyclic) bond motifs is 1. The Labute approximate surface area is 208 Å². The van der Waals surface area contributed by atoms with Gasteiger partial charge in [0.1, 0.15) is 11.9 Å². The third-order valence-corrected chi connectivity index (χ3v) is 7.14. The average Bonchev–Trinajstić information content (AvgIpc) is 3.49. The molecule has 0 radical (unpaired) electrons. The fourth-order valence-electron chi connectivity index (χ4n) is 5.02. The second-order valence-electron chi connectivity index (χ2n) is 8.79. The number of carbonyl (C=O) groups is 2. The molecule has 1 amide bonds. The molecule has 2 aliphatic rings. The summed E-state index contributed by atoms with van der Waals surface area (Å²) in [6.45, 7) is 1.90. The zero-order valence-corrected chi connectivity index (χ0v) is 20.2. The number of halogens is 2. The van der Waals surface area contributed by atoms with Gasteiger partial charge in [-0.1, -0.05) is 29.8 Å². The molecule has 7 nitrogen and oxygen atoms in total. The molecule has 9 heteroatoms. The van der Waals surface area contributed by atoms with Crippen LogP contribution in [0.4, 0.5) is 4.39 Å². The molecule has 2 heterocycles. The van der Waals surface area contributed by atoms with Gasteiger partial charge in [0, 0.05) is 42.5 Å². The summed E-state index contributed by atoms with van der Waals surface area (Å²) in [6, 6.07) is 12.8. The number of hydrogen-bond acceptors (Lipinski definition) is 5. The number of ether oxygens (including phenoxy) is 1. The van der Waals surface area contributed by atoms with Crippen molar-refractivity contribution in [3.63, 3.8) is 0 Å². The second kappa shape index (κ2) is 9.79. The van der Waals surface area contributed by atoms with E-state index in [1.54, 1.807) is 27.8 Å². The van der Waals surface area contributed by atoms with Gasteiger partial charge in [0.05, 0.1) is 12.8 Å². The van der Waals surface area contributed by atoms with Crippen LogP contribution in [-0.4, -0.2) is 64.7 Å². The topological polar surface area (TPSA) is 67.7 Å². The molecule has 1 aromatic heterocycles. The highest BCUT2D eigenvalue weighted by Gasteiger charge is 2.35. The maximum atomic E-state index is 13.5. The van der Waals surface area contributed by atoms with Crippen LogP contribution in [0.2, 0.25) is 5.02 Å². The summed E-state index contributed by atoms with van der Waals surface area (Å²) < 4.78 is 20.3. The Morgan fingerprint density at radius 1 is 1.03 bits per heavy atom. The van der Waals surface area contributed by atoms with Gasteiger partial charge in [-0.05, 0) is 55.2 Å². The summed E-state index contributed by atoms with van der Waals surface area (Å²) in [5.74, 6) is -0.807. The number of methoxy groups -OCH3 is 1. The minimum atomic E-state index is -0.632. The predicted octanol–water partition coefficient (Wildman–Crippen LogP) is 3.83. The summed E-state index contributed by atoms with van der Waals surface area (Å²) in [7, 11) is 1.37. The van der Waals surface area contributed by atoms with Crippen LogP contribution in [0.25, 0.3) is 5.69 Å². The summed E-state index contributed by atoms with van der Waals surface area (Å²) in [5.41, 5.74) is 3.89. The Kier molecular flexibility index (Phi) is 6.58. The third kappa shape index (κ3) is 4.44. The van der Waals surface area contributed by atoms with Gasteiger partial charge >= 0.3 is 5.97 Å². The molecule has 0 bridgehead atoms. The molecule has 3 aromatic rings. The molecular weight excluding hydrogens is 471 g/mol. The fourth-order valence-corrected chi connectivity index (χ4v) is 5.26. The standard InChI is InChI=1S/C26H26ClFN4O3/c1-35-26(34)24(19-5-2-3-7-21(19)27)30-13-15-31(16-14-30)25(33)23-20-6-4-8-22(20)32(29-23)18-11-9-17(28)10-12-18/h2-3,5,7,9-12,24H,4,6,8,13-16H2,1H3. The van der Waals surface area contributed by atoms with Crippen molar-refractivity contribution in [2.24, 2.45) is 0 Å². The number of aromatic nitrogens is 2. The summed E-state index contributed by atoms with van der Waals surface area (Å²) in [6.07, 6.45) is 2.59. The number of esters is 1. The molecule has 1 aliphatic carbocycles. The van der Waals surface area contributed by atoms with Crippen LogP contribution < -0.4 is 0 Å². The van der Waals surface area contributed by atoms with Gasteiger partial charge in [-0.25, -0.2) is 13.9 Å². The number of nitrogens with zero attached hydrogens (tertiary/aromatic N) is 4. The van der Waals surface area contributed by atoms with Crippen molar-refractivity contribution in [1.29, 1.82) is 0 Å². The Morgan fingerprint density at radius 2 is 1.74 bits per heavy atom. The van der Waals surface area contributed by atoms with Crippen LogP contribution in [0, 0.1) is 5.82 Å². The average molecular weight is 497 g/mol. The van der Waals surface area contributed by atoms with Gasteiger partial charge in [-0.15, -0.1) is 0 Å². The smallest absolute Gasteiger partial charge is 0.327 e. The van der Waals surface area contributed by atoms with E-state index in [0.717, 1.165) is 36.2 Å². The van der Waals surface area contributed by atoms with E-state index in [4.69, 9.17) is 16.3 Å². The molecule has 2 aromatic carbocycles. The van der Waals surface area contributed by atoms with Crippen LogP contribution in [0.1, 0.15) is 39.8 Å². The van der Waals surface area contributed by atoms with Crippen molar-refractivity contribution in [2.45, 2.75) is 25.3 Å². The largest absolute Gasteiger partial charge is 0.468 e. The lowest BCUT2D eigenvalue weighted by Gasteiger charge is -2.38. The Morgan fingerprint density at radius 3 is 2.43 bits per heavy atom. The van der Waals surface area contributed by atoms with Crippen LogP contribution in [0.3, 0.4) is 0 Å². The molecule has 1 unspecified atom stereocenters. The summed E-state index contributed by atoms with van der Waals surface area (Å²) in [5, 5.41) is 5.16. The lowest BCUT2D eigenvalue weighted by Crippen LogP contribution is -2.51. The maximum Gasteiger partial charge on any atom is 0.327 e. The SMILES string of the molecule is COC(=O)C(c1ccccc1Cl)N1CCN(C(=O)c2nn(-c3ccc(F)cc3)c3c2CCC3)CC1. The molecule has 1 aliphatic heterocycles. The summed E-state index contributed by atoms with van der Waals surface area (Å²) >= 11 is 6.38. The molecule has 0 saturated carbocycles. The van der Waals surface area contributed by atoms with E-state index in [1.807, 2.05) is 23.1 Å². The highest BCUT2D eigenvalue weighted by Crippen LogP contribution is 2.31. The van der Waals surface area contributed by atoms with Gasteiger partial charge in [-0.2, -0.15) is 5.10 Å². The quantitative estimate of drug-likeness (QED) is 0.502. The Balaban J connectivity index is 1.35. The third-order valence-electron chi connectivity index (χ3n) is 6.79. The first-order valence-corrected chi connectivity index (χ1v) is 12.1. The number of carbonyl (C=O) groups excluding carboxylic acids is 2. The highest BCUT2D eigenvalue weighted by molar-refractivity contribution is 6.31. The number of rotatable bonds is 5. The molecule has 35 heavy (non-hydrogen) atoms. The van der Waals surface area contributed by atoms with Gasteiger partial charge in [0.2, 0.25) is 0 Å². The molecule has 1 saturated heterocycles. The molecular formula is C26H26ClFN4O3. The van der Waals surface area contributed by atoms with E-state index >= 15 is 0 Å². The zero-order valence-electron chi connectivity index (χ0n) is 19.4. The molecule has 0 N–H and O–H groups in total. The number of benzene rings is 2. The molecule has 1 fully saturated rings. The predicted molar refractivity (Wildman–Crippen MR) is 129 cm³/mol. The van der Waals surface area contributed by atoms with Crippen molar-refractivity contribution in [2.75, 3.05) is 33.3 Å². The van der Waals surface area contributed by atoms with Gasteiger partial charge in [-0.3, -0.25) is 9.69 Å². The molecule has 5 rings (SSSR count). The van der Waals surface area contributed by atoms with Gasteiger partial charge in [0.15, 0.2) is 5.69 Å². The normalized spacial score (nSPS) is 16.7. The van der Waals surface area contributed by atoms with E-state index in [2.05, 4.69) is 5.10 Å². The van der Waals surface area contributed by atoms with Gasteiger partial charge in [0.25, 0.3) is 5.91 Å². The monoisotopic (exact) mass is 496 g/mol. The fraction of sp³-hybridized carbons (Fsp3) is 0.346. The van der Waals surface area contributed by atoms with E-state index in [9.17, 15) is 14.0 Å². The minimum absolute atomic E-state index is 0.115. The van der Waals surface area contributed by atoms with Crippen LogP contribution in [0.5, 0.6) is 0 Å². The second-order valence-corrected chi connectivity index (χ2v) is 9.20. The number of hydrogen-bond donors (Lipinski definition) is 0. The first-order chi connectivity index (χ1) is 17.0. The lowest BCUT2D eigenvalue weighted by molar-refractivity contribution is -0.148. The Hall–Kier alpha value is -3.23. The number of amides is 1. The van der Waals surface area contributed by atoms with E-state index < -0.39 is 6.04 Å². The van der Waals surface area contributed by atoms with E-state index in [1.165, 1.54) is 19.2 Å². The highest BCUT2D eigenvalue weighted by atomic mass is 35.5. The van der Waals surface area contributed by atoms with Crippen molar-refractivity contribution in [3.05, 3.63) is 81.9 Å². The molecule has 1 atom stereocenters. The first-order valence-electron chi connectivity index (χ1n) is 11.7. The van der Waals surface area contributed by atoms with Crippen LogP contribution in [-0.2, 0) is 22.4 Å². The summed E-state index contributed by atoms with van der Waals surface area (Å²) in [4.78, 5) is 29.9. The molecule has 0 spiro atoms. The molecule has 182 valence electrons. The Bertz CT molecular complexity index is 1250. The van der Waals surface area contributed by atoms with Gasteiger partial charge < -0.3 is 9.64 Å².